The molecule has 1 aromatic rings. The molecule has 0 saturated heterocycles. The molecule has 0 atom stereocenters. The zero-order valence-electron chi connectivity index (χ0n) is 8.22. The standard InChI is InChI=1S/C11H10BrFO2/c1-7(14)2-5-11(15)9-4-3-8(13)6-10(9)12/h3-4,6H,2,5H2,1H3. The van der Waals surface area contributed by atoms with Crippen LogP contribution in [-0.2, 0) is 4.79 Å². The van der Waals surface area contributed by atoms with Gasteiger partial charge in [-0.15, -0.1) is 0 Å². The number of Topliss-reactive ketones (excluding diaryl/α,β-unsaturated/α-hetero) is 2. The van der Waals surface area contributed by atoms with Crippen LogP contribution in [0.25, 0.3) is 0 Å². The van der Waals surface area contributed by atoms with E-state index >= 15 is 0 Å². The summed E-state index contributed by atoms with van der Waals surface area (Å²) in [5.41, 5.74) is 0.414. The number of benzene rings is 1. The topological polar surface area (TPSA) is 34.1 Å². The van der Waals surface area contributed by atoms with Gasteiger partial charge >= 0.3 is 0 Å². The van der Waals surface area contributed by atoms with Gasteiger partial charge in [-0.05, 0) is 41.1 Å². The van der Waals surface area contributed by atoms with E-state index in [4.69, 9.17) is 0 Å². The van der Waals surface area contributed by atoms with Crippen LogP contribution in [0.3, 0.4) is 0 Å². The van der Waals surface area contributed by atoms with Crippen LogP contribution in [0.2, 0.25) is 0 Å². The van der Waals surface area contributed by atoms with Gasteiger partial charge in [0, 0.05) is 22.9 Å². The van der Waals surface area contributed by atoms with Gasteiger partial charge in [0.1, 0.15) is 11.6 Å². The third kappa shape index (κ3) is 3.55. The molecule has 0 spiro atoms. The monoisotopic (exact) mass is 272 g/mol. The van der Waals surface area contributed by atoms with Crippen molar-refractivity contribution in [2.24, 2.45) is 0 Å². The van der Waals surface area contributed by atoms with Crippen LogP contribution in [0, 0.1) is 5.82 Å². The third-order valence-electron chi connectivity index (χ3n) is 1.94. The summed E-state index contributed by atoms with van der Waals surface area (Å²) in [6.45, 7) is 1.44. The minimum absolute atomic E-state index is 0.0263. The largest absolute Gasteiger partial charge is 0.300 e. The summed E-state index contributed by atoms with van der Waals surface area (Å²) in [6, 6.07) is 3.88. The summed E-state index contributed by atoms with van der Waals surface area (Å²) in [6.07, 6.45) is 0.391. The molecule has 80 valence electrons. The molecule has 1 aromatic carbocycles. The Morgan fingerprint density at radius 2 is 2.00 bits per heavy atom. The predicted molar refractivity (Wildman–Crippen MR) is 58.3 cm³/mol. The Morgan fingerprint density at radius 1 is 1.33 bits per heavy atom. The normalized spacial score (nSPS) is 10.1. The fourth-order valence-electron chi connectivity index (χ4n) is 1.14. The average molecular weight is 273 g/mol. The second-order valence-electron chi connectivity index (χ2n) is 3.25. The molecule has 0 saturated carbocycles. The van der Waals surface area contributed by atoms with Crippen molar-refractivity contribution in [3.8, 4) is 0 Å². The number of carbonyl (C=O) groups is 2. The maximum absolute atomic E-state index is 12.7. The zero-order valence-corrected chi connectivity index (χ0v) is 9.80. The lowest BCUT2D eigenvalue weighted by atomic mass is 10.1. The first kappa shape index (κ1) is 12.0. The Hall–Kier alpha value is -1.03. The molecule has 1 rings (SSSR count). The first-order chi connectivity index (χ1) is 7.00. The zero-order chi connectivity index (χ0) is 11.4. The Morgan fingerprint density at radius 3 is 2.53 bits per heavy atom. The highest BCUT2D eigenvalue weighted by atomic mass is 79.9. The molecular weight excluding hydrogens is 263 g/mol. The van der Waals surface area contributed by atoms with Crippen molar-refractivity contribution >= 4 is 27.5 Å². The molecule has 0 bridgehead atoms. The Kier molecular flexibility index (Phi) is 4.15. The molecule has 0 N–H and O–H groups in total. The van der Waals surface area contributed by atoms with E-state index in [0.29, 0.717) is 10.0 Å². The molecule has 0 heterocycles. The summed E-state index contributed by atoms with van der Waals surface area (Å²) in [7, 11) is 0. The highest BCUT2D eigenvalue weighted by Gasteiger charge is 2.11. The van der Waals surface area contributed by atoms with Crippen molar-refractivity contribution < 1.29 is 14.0 Å². The van der Waals surface area contributed by atoms with Crippen molar-refractivity contribution in [1.82, 2.24) is 0 Å². The summed E-state index contributed by atoms with van der Waals surface area (Å²) < 4.78 is 13.2. The van der Waals surface area contributed by atoms with Gasteiger partial charge in [-0.1, -0.05) is 0 Å². The highest BCUT2D eigenvalue weighted by Crippen LogP contribution is 2.19. The minimum atomic E-state index is -0.398. The Balaban J connectivity index is 2.78. The molecule has 0 aliphatic heterocycles. The summed E-state index contributed by atoms with van der Waals surface area (Å²) >= 11 is 3.11. The van der Waals surface area contributed by atoms with Crippen molar-refractivity contribution in [2.75, 3.05) is 0 Å². The second-order valence-corrected chi connectivity index (χ2v) is 4.10. The first-order valence-electron chi connectivity index (χ1n) is 4.48. The van der Waals surface area contributed by atoms with Crippen LogP contribution in [0.5, 0.6) is 0 Å². The van der Waals surface area contributed by atoms with Crippen LogP contribution < -0.4 is 0 Å². The number of rotatable bonds is 4. The molecule has 0 radical (unpaired) electrons. The predicted octanol–water partition coefficient (Wildman–Crippen LogP) is 3.14. The van der Waals surface area contributed by atoms with Gasteiger partial charge in [0.15, 0.2) is 5.78 Å². The molecule has 0 aliphatic carbocycles. The summed E-state index contributed by atoms with van der Waals surface area (Å²) in [5.74, 6) is -0.580. The molecule has 4 heteroatoms. The van der Waals surface area contributed by atoms with Crippen LogP contribution in [0.1, 0.15) is 30.1 Å². The van der Waals surface area contributed by atoms with Crippen LogP contribution in [0.4, 0.5) is 4.39 Å². The molecule has 0 fully saturated rings. The number of carbonyl (C=O) groups excluding carboxylic acids is 2. The molecular formula is C11H10BrFO2. The van der Waals surface area contributed by atoms with Crippen LogP contribution in [-0.4, -0.2) is 11.6 Å². The lowest BCUT2D eigenvalue weighted by molar-refractivity contribution is -0.116. The number of halogens is 2. The van der Waals surface area contributed by atoms with Crippen LogP contribution >= 0.6 is 15.9 Å². The lowest BCUT2D eigenvalue weighted by Crippen LogP contribution is -2.03. The molecule has 0 unspecified atom stereocenters. The van der Waals surface area contributed by atoms with E-state index in [1.54, 1.807) is 0 Å². The van der Waals surface area contributed by atoms with E-state index in [9.17, 15) is 14.0 Å². The SMILES string of the molecule is CC(=O)CCC(=O)c1ccc(F)cc1Br. The van der Waals surface area contributed by atoms with Crippen LogP contribution in [0.15, 0.2) is 22.7 Å². The van der Waals surface area contributed by atoms with E-state index in [-0.39, 0.29) is 24.4 Å². The lowest BCUT2D eigenvalue weighted by Gasteiger charge is -2.02. The average Bonchev–Trinajstić information content (AvgIpc) is 2.14. The highest BCUT2D eigenvalue weighted by molar-refractivity contribution is 9.10. The Bertz CT molecular complexity index is 402. The van der Waals surface area contributed by atoms with Crippen molar-refractivity contribution in [3.63, 3.8) is 0 Å². The van der Waals surface area contributed by atoms with E-state index in [2.05, 4.69) is 15.9 Å². The smallest absolute Gasteiger partial charge is 0.164 e. The van der Waals surface area contributed by atoms with Gasteiger partial charge in [0.25, 0.3) is 0 Å². The summed E-state index contributed by atoms with van der Waals surface area (Å²) in [5, 5.41) is 0. The first-order valence-corrected chi connectivity index (χ1v) is 5.27. The van der Waals surface area contributed by atoms with Gasteiger partial charge in [0.2, 0.25) is 0 Å². The minimum Gasteiger partial charge on any atom is -0.300 e. The quantitative estimate of drug-likeness (QED) is 0.790. The van der Waals surface area contributed by atoms with E-state index in [1.807, 2.05) is 0 Å². The summed E-state index contributed by atoms with van der Waals surface area (Å²) in [4.78, 5) is 22.3. The number of hydrogen-bond acceptors (Lipinski definition) is 2. The van der Waals surface area contributed by atoms with Crippen molar-refractivity contribution in [3.05, 3.63) is 34.1 Å². The molecule has 0 amide bonds. The van der Waals surface area contributed by atoms with E-state index < -0.39 is 5.82 Å². The fourth-order valence-corrected chi connectivity index (χ4v) is 1.71. The van der Waals surface area contributed by atoms with Gasteiger partial charge < -0.3 is 4.79 Å². The fraction of sp³-hybridized carbons (Fsp3) is 0.273. The van der Waals surface area contributed by atoms with Crippen molar-refractivity contribution in [1.29, 1.82) is 0 Å². The van der Waals surface area contributed by atoms with E-state index in [1.165, 1.54) is 25.1 Å². The van der Waals surface area contributed by atoms with Gasteiger partial charge in [-0.2, -0.15) is 0 Å². The van der Waals surface area contributed by atoms with Crippen molar-refractivity contribution in [2.45, 2.75) is 19.8 Å². The molecule has 15 heavy (non-hydrogen) atoms. The van der Waals surface area contributed by atoms with Gasteiger partial charge in [0.05, 0.1) is 0 Å². The van der Waals surface area contributed by atoms with E-state index in [0.717, 1.165) is 0 Å². The number of hydrogen-bond donors (Lipinski definition) is 0. The van der Waals surface area contributed by atoms with Gasteiger partial charge in [-0.3, -0.25) is 4.79 Å². The molecule has 2 nitrogen and oxygen atoms in total. The Labute approximate surface area is 95.6 Å². The molecule has 0 aliphatic rings. The maximum atomic E-state index is 12.7. The second kappa shape index (κ2) is 5.16. The molecule has 0 aromatic heterocycles. The number of ketones is 2. The van der Waals surface area contributed by atoms with Gasteiger partial charge in [-0.25, -0.2) is 4.39 Å². The maximum Gasteiger partial charge on any atom is 0.164 e. The third-order valence-corrected chi connectivity index (χ3v) is 2.59.